The van der Waals surface area contributed by atoms with Gasteiger partial charge in [0.25, 0.3) is 5.91 Å². The maximum atomic E-state index is 13.0. The summed E-state index contributed by atoms with van der Waals surface area (Å²) in [5, 5.41) is 2.75. The number of imide groups is 1. The van der Waals surface area contributed by atoms with E-state index in [0.717, 1.165) is 25.7 Å². The van der Waals surface area contributed by atoms with Crippen LogP contribution < -0.4 is 10.1 Å². The standard InChI is InChI=1S/C26H28N2O6/c1-33-19-13-11-18(12-14-19)27-24(30)23(17-7-3-2-4-8-17)34-22(29)15-16-28-25(31)20-9-5-6-10-21(20)26(28)32/h2-4,7-8,11-14,20-21,23H,5-6,9-10,15-16H2,1H3,(H,27,30)/t20-,21+,23-/m1/s1. The van der Waals surface area contributed by atoms with E-state index in [2.05, 4.69) is 5.32 Å². The molecule has 3 amide bonds. The van der Waals surface area contributed by atoms with E-state index in [9.17, 15) is 19.2 Å². The van der Waals surface area contributed by atoms with Crippen LogP contribution >= 0.6 is 0 Å². The molecule has 3 atom stereocenters. The van der Waals surface area contributed by atoms with Gasteiger partial charge in [-0.15, -0.1) is 0 Å². The summed E-state index contributed by atoms with van der Waals surface area (Å²) in [6.07, 6.45) is 1.98. The summed E-state index contributed by atoms with van der Waals surface area (Å²) in [4.78, 5) is 52.2. The zero-order valence-electron chi connectivity index (χ0n) is 19.1. The highest BCUT2D eigenvalue weighted by Crippen LogP contribution is 2.38. The minimum atomic E-state index is -1.18. The van der Waals surface area contributed by atoms with Gasteiger partial charge in [-0.1, -0.05) is 43.2 Å². The van der Waals surface area contributed by atoms with Crippen LogP contribution in [0.15, 0.2) is 54.6 Å². The quantitative estimate of drug-likeness (QED) is 0.474. The van der Waals surface area contributed by atoms with Crippen LogP contribution in [0.5, 0.6) is 5.75 Å². The van der Waals surface area contributed by atoms with E-state index in [-0.39, 0.29) is 36.6 Å². The summed E-state index contributed by atoms with van der Waals surface area (Å²) in [6.45, 7) is -0.0366. The van der Waals surface area contributed by atoms with E-state index in [1.54, 1.807) is 61.7 Å². The number of hydrogen-bond donors (Lipinski definition) is 1. The third kappa shape index (κ3) is 5.11. The first-order valence-corrected chi connectivity index (χ1v) is 11.5. The van der Waals surface area contributed by atoms with Crippen molar-refractivity contribution in [3.8, 4) is 5.75 Å². The Morgan fingerprint density at radius 2 is 1.59 bits per heavy atom. The molecule has 1 N–H and O–H groups in total. The Kier molecular flexibility index (Phi) is 7.25. The highest BCUT2D eigenvalue weighted by atomic mass is 16.5. The average Bonchev–Trinajstić information content (AvgIpc) is 3.11. The number of benzene rings is 2. The van der Waals surface area contributed by atoms with Crippen LogP contribution in [0.25, 0.3) is 0 Å². The molecule has 8 heteroatoms. The van der Waals surface area contributed by atoms with Gasteiger partial charge in [-0.25, -0.2) is 0 Å². The van der Waals surface area contributed by atoms with Gasteiger partial charge in [-0.2, -0.15) is 0 Å². The summed E-state index contributed by atoms with van der Waals surface area (Å²) < 4.78 is 10.7. The zero-order valence-corrected chi connectivity index (χ0v) is 19.1. The van der Waals surface area contributed by atoms with E-state index in [1.165, 1.54) is 4.90 Å². The molecule has 0 bridgehead atoms. The van der Waals surface area contributed by atoms with Crippen molar-refractivity contribution in [2.45, 2.75) is 38.2 Å². The largest absolute Gasteiger partial charge is 0.497 e. The molecule has 1 saturated carbocycles. The predicted octanol–water partition coefficient (Wildman–Crippen LogP) is 3.48. The monoisotopic (exact) mass is 464 g/mol. The van der Waals surface area contributed by atoms with Gasteiger partial charge in [-0.3, -0.25) is 24.1 Å². The third-order valence-electron chi connectivity index (χ3n) is 6.42. The number of fused-ring (bicyclic) bond motifs is 1. The molecule has 8 nitrogen and oxygen atoms in total. The molecule has 0 aromatic heterocycles. The Morgan fingerprint density at radius 1 is 0.971 bits per heavy atom. The second-order valence-corrected chi connectivity index (χ2v) is 8.57. The van der Waals surface area contributed by atoms with E-state index in [0.29, 0.717) is 17.0 Å². The molecule has 1 heterocycles. The molecule has 0 unspecified atom stereocenters. The number of nitrogens with one attached hydrogen (secondary N) is 1. The summed E-state index contributed by atoms with van der Waals surface area (Å²) in [6, 6.07) is 15.5. The third-order valence-corrected chi connectivity index (χ3v) is 6.42. The van der Waals surface area contributed by atoms with Crippen molar-refractivity contribution in [3.05, 3.63) is 60.2 Å². The molecule has 178 valence electrons. The molecule has 34 heavy (non-hydrogen) atoms. The van der Waals surface area contributed by atoms with Crippen molar-refractivity contribution >= 4 is 29.4 Å². The van der Waals surface area contributed by atoms with E-state index < -0.39 is 18.0 Å². The van der Waals surface area contributed by atoms with Crippen LogP contribution in [0.3, 0.4) is 0 Å². The lowest BCUT2D eigenvalue weighted by atomic mass is 9.81. The number of carbonyl (C=O) groups is 4. The van der Waals surface area contributed by atoms with Crippen molar-refractivity contribution in [2.75, 3.05) is 19.0 Å². The maximum Gasteiger partial charge on any atom is 0.308 e. The number of rotatable bonds is 8. The SMILES string of the molecule is COc1ccc(NC(=O)[C@H](OC(=O)CCN2C(=O)[C@H]3CCCC[C@H]3C2=O)c2ccccc2)cc1. The fourth-order valence-electron chi connectivity index (χ4n) is 4.63. The van der Waals surface area contributed by atoms with Gasteiger partial charge in [0.15, 0.2) is 0 Å². The predicted molar refractivity (Wildman–Crippen MR) is 124 cm³/mol. The first-order valence-electron chi connectivity index (χ1n) is 11.5. The van der Waals surface area contributed by atoms with Gasteiger partial charge in [0.05, 0.1) is 25.4 Å². The van der Waals surface area contributed by atoms with Crippen molar-refractivity contribution in [1.82, 2.24) is 4.90 Å². The molecule has 2 fully saturated rings. The Bertz CT molecular complexity index is 1030. The van der Waals surface area contributed by atoms with E-state index in [1.807, 2.05) is 0 Å². The number of hydrogen-bond acceptors (Lipinski definition) is 6. The van der Waals surface area contributed by atoms with E-state index in [4.69, 9.17) is 9.47 Å². The number of methoxy groups -OCH3 is 1. The molecule has 2 aromatic rings. The van der Waals surface area contributed by atoms with Gasteiger partial charge in [0, 0.05) is 17.8 Å². The number of esters is 1. The molecule has 0 radical (unpaired) electrons. The van der Waals surface area contributed by atoms with Gasteiger partial charge < -0.3 is 14.8 Å². The number of carbonyl (C=O) groups excluding carboxylic acids is 4. The van der Waals surface area contributed by atoms with Gasteiger partial charge in [0.1, 0.15) is 5.75 Å². The van der Waals surface area contributed by atoms with Crippen molar-refractivity contribution in [1.29, 1.82) is 0 Å². The number of likely N-dealkylation sites (tertiary alicyclic amines) is 1. The van der Waals surface area contributed by atoms with E-state index >= 15 is 0 Å². The Hall–Kier alpha value is -3.68. The van der Waals surface area contributed by atoms with Crippen LogP contribution in [0.2, 0.25) is 0 Å². The fourth-order valence-corrected chi connectivity index (χ4v) is 4.63. The number of ether oxygens (including phenoxy) is 2. The Morgan fingerprint density at radius 3 is 2.18 bits per heavy atom. The smallest absolute Gasteiger partial charge is 0.308 e. The van der Waals surface area contributed by atoms with Gasteiger partial charge >= 0.3 is 5.97 Å². The summed E-state index contributed by atoms with van der Waals surface area (Å²) >= 11 is 0. The molecule has 2 aliphatic rings. The minimum absolute atomic E-state index is 0.0366. The van der Waals surface area contributed by atoms with Crippen LogP contribution in [-0.2, 0) is 23.9 Å². The lowest BCUT2D eigenvalue weighted by Crippen LogP contribution is -2.34. The highest BCUT2D eigenvalue weighted by Gasteiger charge is 2.47. The highest BCUT2D eigenvalue weighted by molar-refractivity contribution is 6.05. The first-order chi connectivity index (χ1) is 16.5. The topological polar surface area (TPSA) is 102 Å². The Balaban J connectivity index is 1.41. The van der Waals surface area contributed by atoms with Gasteiger partial charge in [-0.05, 0) is 37.1 Å². The fraction of sp³-hybridized carbons (Fsp3) is 0.385. The normalized spacial score (nSPS) is 20.4. The second-order valence-electron chi connectivity index (χ2n) is 8.57. The molecule has 1 aliphatic heterocycles. The number of anilines is 1. The number of amides is 3. The first kappa shape index (κ1) is 23.5. The molecular formula is C26H28N2O6. The zero-order chi connectivity index (χ0) is 24.1. The van der Waals surface area contributed by atoms with Crippen LogP contribution in [0.4, 0.5) is 5.69 Å². The Labute approximate surface area is 198 Å². The molecule has 0 spiro atoms. The van der Waals surface area contributed by atoms with Crippen molar-refractivity contribution in [3.63, 3.8) is 0 Å². The number of nitrogens with zero attached hydrogens (tertiary/aromatic N) is 1. The minimum Gasteiger partial charge on any atom is -0.497 e. The summed E-state index contributed by atoms with van der Waals surface area (Å²) in [5.74, 6) is -1.43. The molecule has 4 rings (SSSR count). The molecule has 1 aliphatic carbocycles. The lowest BCUT2D eigenvalue weighted by Gasteiger charge is -2.19. The van der Waals surface area contributed by atoms with Crippen LogP contribution in [0.1, 0.15) is 43.8 Å². The van der Waals surface area contributed by atoms with Crippen LogP contribution in [0, 0.1) is 11.8 Å². The van der Waals surface area contributed by atoms with Gasteiger partial charge in [0.2, 0.25) is 17.9 Å². The second kappa shape index (κ2) is 10.5. The molecule has 2 aromatic carbocycles. The average molecular weight is 465 g/mol. The summed E-state index contributed by atoms with van der Waals surface area (Å²) in [7, 11) is 1.55. The maximum absolute atomic E-state index is 13.0. The molecular weight excluding hydrogens is 436 g/mol. The van der Waals surface area contributed by atoms with Crippen LogP contribution in [-0.4, -0.2) is 42.2 Å². The summed E-state index contributed by atoms with van der Waals surface area (Å²) in [5.41, 5.74) is 1.04. The van der Waals surface area contributed by atoms with Crippen molar-refractivity contribution < 1.29 is 28.7 Å². The lowest BCUT2D eigenvalue weighted by molar-refractivity contribution is -0.155. The van der Waals surface area contributed by atoms with Crippen molar-refractivity contribution in [2.24, 2.45) is 11.8 Å². The molecule has 1 saturated heterocycles.